The Balaban J connectivity index is 2.24. The summed E-state index contributed by atoms with van der Waals surface area (Å²) in [6.07, 6.45) is 2.58. The zero-order valence-electron chi connectivity index (χ0n) is 11.2. The first-order valence-corrected chi connectivity index (χ1v) is 6.73. The Morgan fingerprint density at radius 1 is 1.47 bits per heavy atom. The van der Waals surface area contributed by atoms with Crippen LogP contribution < -0.4 is 0 Å². The average molecular weight is 257 g/mol. The Hall–Kier alpha value is -1.79. The molecule has 1 heterocycles. The zero-order valence-corrected chi connectivity index (χ0v) is 11.2. The van der Waals surface area contributed by atoms with Crippen molar-refractivity contribution in [2.45, 2.75) is 32.2 Å². The Morgan fingerprint density at radius 3 is 2.95 bits per heavy atom. The normalized spacial score (nSPS) is 18.0. The highest BCUT2D eigenvalue weighted by molar-refractivity contribution is 5.97. The lowest BCUT2D eigenvalue weighted by atomic mass is 10.1. The van der Waals surface area contributed by atoms with Crippen LogP contribution >= 0.6 is 0 Å². The standard InChI is InChI=1S/C16H19NO2/c1-13-7-6-11-17(13)16(19)15-10-3-2-8-14(15)9-4-5-12-18/h2-3,8,10,13,18H,5-7,11-12H2,1H3. The fourth-order valence-electron chi connectivity index (χ4n) is 2.38. The van der Waals surface area contributed by atoms with Gasteiger partial charge in [-0.05, 0) is 31.9 Å². The number of nitrogens with zero attached hydrogens (tertiary/aromatic N) is 1. The zero-order chi connectivity index (χ0) is 13.7. The van der Waals surface area contributed by atoms with Gasteiger partial charge in [0.25, 0.3) is 5.91 Å². The molecule has 1 aromatic carbocycles. The van der Waals surface area contributed by atoms with E-state index in [1.54, 1.807) is 0 Å². The highest BCUT2D eigenvalue weighted by atomic mass is 16.2. The number of carbonyl (C=O) groups excluding carboxylic acids is 1. The average Bonchev–Trinajstić information content (AvgIpc) is 2.85. The second-order valence-corrected chi connectivity index (χ2v) is 4.81. The fraction of sp³-hybridized carbons (Fsp3) is 0.438. The molecular weight excluding hydrogens is 238 g/mol. The Kier molecular flexibility index (Phi) is 4.59. The van der Waals surface area contributed by atoms with Gasteiger partial charge in [0.15, 0.2) is 0 Å². The van der Waals surface area contributed by atoms with E-state index in [2.05, 4.69) is 18.8 Å². The van der Waals surface area contributed by atoms with E-state index >= 15 is 0 Å². The third kappa shape index (κ3) is 3.15. The summed E-state index contributed by atoms with van der Waals surface area (Å²) in [5.74, 6) is 5.92. The summed E-state index contributed by atoms with van der Waals surface area (Å²) in [6.45, 7) is 2.97. The molecule has 1 aliphatic heterocycles. The fourth-order valence-corrected chi connectivity index (χ4v) is 2.38. The largest absolute Gasteiger partial charge is 0.395 e. The SMILES string of the molecule is CC1CCCN1C(=O)c1ccccc1C#CCCO. The van der Waals surface area contributed by atoms with Gasteiger partial charge in [-0.15, -0.1) is 0 Å². The van der Waals surface area contributed by atoms with E-state index in [9.17, 15) is 4.79 Å². The smallest absolute Gasteiger partial charge is 0.255 e. The number of aliphatic hydroxyl groups excluding tert-OH is 1. The number of carbonyl (C=O) groups is 1. The summed E-state index contributed by atoms with van der Waals surface area (Å²) in [6, 6.07) is 7.75. The molecule has 1 aliphatic rings. The van der Waals surface area contributed by atoms with E-state index in [0.29, 0.717) is 18.0 Å². The molecule has 1 fully saturated rings. The maximum Gasteiger partial charge on any atom is 0.255 e. The van der Waals surface area contributed by atoms with E-state index in [1.165, 1.54) is 0 Å². The summed E-state index contributed by atoms with van der Waals surface area (Å²) in [5.41, 5.74) is 1.42. The molecule has 3 heteroatoms. The monoisotopic (exact) mass is 257 g/mol. The first-order valence-electron chi connectivity index (χ1n) is 6.73. The minimum atomic E-state index is 0.0479. The van der Waals surface area contributed by atoms with Crippen molar-refractivity contribution in [3.05, 3.63) is 35.4 Å². The summed E-state index contributed by atoms with van der Waals surface area (Å²) in [4.78, 5) is 14.4. The Labute approximate surface area is 114 Å². The highest BCUT2D eigenvalue weighted by Gasteiger charge is 2.26. The molecule has 1 unspecified atom stereocenters. The van der Waals surface area contributed by atoms with Crippen molar-refractivity contribution >= 4 is 5.91 Å². The van der Waals surface area contributed by atoms with Crippen molar-refractivity contribution in [2.24, 2.45) is 0 Å². The second kappa shape index (κ2) is 6.40. The molecule has 19 heavy (non-hydrogen) atoms. The predicted octanol–water partition coefficient (Wildman–Crippen LogP) is 2.05. The predicted molar refractivity (Wildman–Crippen MR) is 74.8 cm³/mol. The van der Waals surface area contributed by atoms with Crippen LogP contribution in [0.5, 0.6) is 0 Å². The van der Waals surface area contributed by atoms with Crippen molar-refractivity contribution < 1.29 is 9.90 Å². The number of rotatable bonds is 2. The summed E-state index contributed by atoms with van der Waals surface area (Å²) in [5, 5.41) is 8.75. The maximum absolute atomic E-state index is 12.5. The van der Waals surface area contributed by atoms with Crippen LogP contribution in [0, 0.1) is 11.8 Å². The van der Waals surface area contributed by atoms with Gasteiger partial charge in [0.05, 0.1) is 12.2 Å². The molecule has 1 saturated heterocycles. The molecule has 1 atom stereocenters. The number of amides is 1. The molecule has 3 nitrogen and oxygen atoms in total. The minimum Gasteiger partial charge on any atom is -0.395 e. The van der Waals surface area contributed by atoms with Gasteiger partial charge in [0, 0.05) is 24.6 Å². The third-order valence-corrected chi connectivity index (χ3v) is 3.43. The first-order chi connectivity index (χ1) is 9.24. The molecule has 0 aromatic heterocycles. The van der Waals surface area contributed by atoms with Crippen LogP contribution in [-0.4, -0.2) is 35.1 Å². The summed E-state index contributed by atoms with van der Waals surface area (Å²) >= 11 is 0. The molecule has 0 spiro atoms. The Bertz CT molecular complexity index is 513. The van der Waals surface area contributed by atoms with Gasteiger partial charge in [0.1, 0.15) is 0 Å². The van der Waals surface area contributed by atoms with E-state index in [1.807, 2.05) is 29.2 Å². The third-order valence-electron chi connectivity index (χ3n) is 3.43. The number of hydrogen-bond acceptors (Lipinski definition) is 2. The summed E-state index contributed by atoms with van der Waals surface area (Å²) < 4.78 is 0. The maximum atomic E-state index is 12.5. The van der Waals surface area contributed by atoms with Crippen molar-refractivity contribution in [3.8, 4) is 11.8 Å². The van der Waals surface area contributed by atoms with Gasteiger partial charge >= 0.3 is 0 Å². The van der Waals surface area contributed by atoms with E-state index in [-0.39, 0.29) is 12.5 Å². The molecule has 2 rings (SSSR count). The first kappa shape index (κ1) is 13.6. The van der Waals surface area contributed by atoms with Crippen molar-refractivity contribution in [1.29, 1.82) is 0 Å². The molecule has 0 saturated carbocycles. The van der Waals surface area contributed by atoms with Gasteiger partial charge in [-0.2, -0.15) is 0 Å². The van der Waals surface area contributed by atoms with E-state index in [4.69, 9.17) is 5.11 Å². The quantitative estimate of drug-likeness (QED) is 0.824. The number of benzene rings is 1. The van der Waals surface area contributed by atoms with E-state index in [0.717, 1.165) is 24.9 Å². The van der Waals surface area contributed by atoms with Crippen LogP contribution in [0.4, 0.5) is 0 Å². The molecular formula is C16H19NO2. The topological polar surface area (TPSA) is 40.5 Å². The Morgan fingerprint density at radius 2 is 2.26 bits per heavy atom. The lowest BCUT2D eigenvalue weighted by molar-refractivity contribution is 0.0747. The van der Waals surface area contributed by atoms with Crippen molar-refractivity contribution in [2.75, 3.05) is 13.2 Å². The van der Waals surface area contributed by atoms with Gasteiger partial charge in [0.2, 0.25) is 0 Å². The van der Waals surface area contributed by atoms with Gasteiger partial charge in [-0.25, -0.2) is 0 Å². The lowest BCUT2D eigenvalue weighted by Crippen LogP contribution is -2.34. The molecule has 0 aliphatic carbocycles. The molecule has 0 radical (unpaired) electrons. The van der Waals surface area contributed by atoms with Crippen LogP contribution in [0.2, 0.25) is 0 Å². The van der Waals surface area contributed by atoms with E-state index < -0.39 is 0 Å². The molecule has 1 aromatic rings. The number of hydrogen-bond donors (Lipinski definition) is 1. The number of likely N-dealkylation sites (tertiary alicyclic amines) is 1. The summed E-state index contributed by atoms with van der Waals surface area (Å²) in [7, 11) is 0. The second-order valence-electron chi connectivity index (χ2n) is 4.81. The van der Waals surface area contributed by atoms with Gasteiger partial charge in [-0.1, -0.05) is 24.0 Å². The van der Waals surface area contributed by atoms with Crippen molar-refractivity contribution in [1.82, 2.24) is 4.90 Å². The van der Waals surface area contributed by atoms with Crippen LogP contribution in [0.3, 0.4) is 0 Å². The van der Waals surface area contributed by atoms with Crippen LogP contribution in [0.25, 0.3) is 0 Å². The van der Waals surface area contributed by atoms with Crippen molar-refractivity contribution in [3.63, 3.8) is 0 Å². The minimum absolute atomic E-state index is 0.0479. The van der Waals surface area contributed by atoms with Crippen LogP contribution in [-0.2, 0) is 0 Å². The molecule has 1 amide bonds. The molecule has 0 bridgehead atoms. The highest BCUT2D eigenvalue weighted by Crippen LogP contribution is 2.20. The van der Waals surface area contributed by atoms with Crippen LogP contribution in [0.15, 0.2) is 24.3 Å². The molecule has 1 N–H and O–H groups in total. The lowest BCUT2D eigenvalue weighted by Gasteiger charge is -2.22. The van der Waals surface area contributed by atoms with Gasteiger partial charge < -0.3 is 10.0 Å². The molecule has 100 valence electrons. The van der Waals surface area contributed by atoms with Crippen LogP contribution in [0.1, 0.15) is 42.1 Å². The van der Waals surface area contributed by atoms with Gasteiger partial charge in [-0.3, -0.25) is 4.79 Å². The number of aliphatic hydroxyl groups is 1.